The average molecular weight is 438 g/mol. The first-order valence-electron chi connectivity index (χ1n) is 10.2. The third kappa shape index (κ3) is 6.93. The molecule has 0 fully saturated rings. The molecule has 31 heavy (non-hydrogen) atoms. The number of carbonyl (C=O) groups is 2. The molecule has 0 spiro atoms. The van der Waals surface area contributed by atoms with Gasteiger partial charge < -0.3 is 15.4 Å². The van der Waals surface area contributed by atoms with Crippen LogP contribution >= 0.6 is 11.3 Å². The summed E-state index contributed by atoms with van der Waals surface area (Å²) in [6.45, 7) is 3.55. The number of nitrogens with one attached hydrogen (secondary N) is 2. The number of amides is 2. The molecule has 6 nitrogen and oxygen atoms in total. The largest absolute Gasteiger partial charge is 0.497 e. The predicted molar refractivity (Wildman–Crippen MR) is 124 cm³/mol. The average Bonchev–Trinajstić information content (AvgIpc) is 3.21. The van der Waals surface area contributed by atoms with Gasteiger partial charge in [0.15, 0.2) is 5.13 Å². The molecule has 1 aromatic heterocycles. The van der Waals surface area contributed by atoms with Crippen molar-refractivity contribution >= 4 is 28.3 Å². The maximum absolute atomic E-state index is 12.3. The molecule has 2 N–H and O–H groups in total. The number of aromatic nitrogens is 1. The van der Waals surface area contributed by atoms with E-state index >= 15 is 0 Å². The van der Waals surface area contributed by atoms with E-state index in [1.165, 1.54) is 23.8 Å². The standard InChI is InChI=1S/C24H27N3O3S/c1-16(25-17(2)28)4-5-18-6-10-20(11-7-18)22-15-31-24(26-22)27-23(29)14-19-8-12-21(30-3)13-9-19/h6-13,15-16H,4-5,14H2,1-3H3,(H,25,28)(H,26,27,29)/t16-/m0/s1. The van der Waals surface area contributed by atoms with E-state index in [1.807, 2.05) is 48.7 Å². The third-order valence-corrected chi connectivity index (χ3v) is 5.60. The molecule has 0 saturated heterocycles. The molecule has 0 aliphatic heterocycles. The number of carbonyl (C=O) groups excluding carboxylic acids is 2. The van der Waals surface area contributed by atoms with Crippen molar-refractivity contribution in [3.63, 3.8) is 0 Å². The zero-order valence-corrected chi connectivity index (χ0v) is 18.8. The summed E-state index contributed by atoms with van der Waals surface area (Å²) in [6.07, 6.45) is 2.07. The van der Waals surface area contributed by atoms with Crippen LogP contribution in [0.25, 0.3) is 11.3 Å². The molecule has 3 rings (SSSR count). The van der Waals surface area contributed by atoms with Crippen molar-refractivity contribution in [1.29, 1.82) is 0 Å². The fraction of sp³-hybridized carbons (Fsp3) is 0.292. The number of ether oxygens (including phenoxy) is 1. The molecule has 0 bridgehead atoms. The molecular formula is C24H27N3O3S. The number of rotatable bonds is 9. The molecule has 2 aromatic carbocycles. The highest BCUT2D eigenvalue weighted by Crippen LogP contribution is 2.25. The lowest BCUT2D eigenvalue weighted by Crippen LogP contribution is -2.30. The molecule has 7 heteroatoms. The number of anilines is 1. The molecule has 162 valence electrons. The van der Waals surface area contributed by atoms with Crippen molar-refractivity contribution in [3.8, 4) is 17.0 Å². The van der Waals surface area contributed by atoms with Crippen molar-refractivity contribution in [2.45, 2.75) is 39.2 Å². The van der Waals surface area contributed by atoms with E-state index in [4.69, 9.17) is 4.74 Å². The fourth-order valence-electron chi connectivity index (χ4n) is 3.20. The minimum absolute atomic E-state index is 0.00160. The van der Waals surface area contributed by atoms with E-state index in [0.717, 1.165) is 35.4 Å². The normalized spacial score (nSPS) is 11.6. The lowest BCUT2D eigenvalue weighted by Gasteiger charge is -2.12. The van der Waals surface area contributed by atoms with Gasteiger partial charge in [-0.3, -0.25) is 9.59 Å². The number of aryl methyl sites for hydroxylation is 1. The summed E-state index contributed by atoms with van der Waals surface area (Å²) in [5.74, 6) is 0.662. The number of hydrogen-bond acceptors (Lipinski definition) is 5. The Hall–Kier alpha value is -3.19. The van der Waals surface area contributed by atoms with Gasteiger partial charge in [0, 0.05) is 23.9 Å². The van der Waals surface area contributed by atoms with Gasteiger partial charge in [-0.25, -0.2) is 4.98 Å². The zero-order chi connectivity index (χ0) is 22.2. The Morgan fingerprint density at radius 1 is 1.06 bits per heavy atom. The second kappa shape index (κ2) is 10.7. The first-order chi connectivity index (χ1) is 14.9. The van der Waals surface area contributed by atoms with Crippen molar-refractivity contribution in [2.24, 2.45) is 0 Å². The van der Waals surface area contributed by atoms with Gasteiger partial charge in [0.2, 0.25) is 11.8 Å². The molecule has 0 unspecified atom stereocenters. The number of thiazole rings is 1. The molecule has 0 saturated carbocycles. The van der Waals surface area contributed by atoms with Crippen LogP contribution in [-0.4, -0.2) is 29.9 Å². The monoisotopic (exact) mass is 437 g/mol. The second-order valence-electron chi connectivity index (χ2n) is 7.45. The van der Waals surface area contributed by atoms with Gasteiger partial charge >= 0.3 is 0 Å². The number of nitrogens with zero attached hydrogens (tertiary/aromatic N) is 1. The fourth-order valence-corrected chi connectivity index (χ4v) is 3.94. The molecule has 0 aliphatic rings. The Labute approximate surface area is 186 Å². The minimum atomic E-state index is -0.102. The highest BCUT2D eigenvalue weighted by atomic mass is 32.1. The maximum Gasteiger partial charge on any atom is 0.230 e. The van der Waals surface area contributed by atoms with Crippen LogP contribution < -0.4 is 15.4 Å². The van der Waals surface area contributed by atoms with Crippen LogP contribution in [0.5, 0.6) is 5.75 Å². The lowest BCUT2D eigenvalue weighted by atomic mass is 10.0. The Kier molecular flexibility index (Phi) is 7.78. The number of hydrogen-bond donors (Lipinski definition) is 2. The summed E-state index contributed by atoms with van der Waals surface area (Å²) < 4.78 is 5.14. The molecule has 3 aromatic rings. The van der Waals surface area contributed by atoms with Crippen molar-refractivity contribution in [2.75, 3.05) is 12.4 Å². The quantitative estimate of drug-likeness (QED) is 0.518. The minimum Gasteiger partial charge on any atom is -0.497 e. The summed E-state index contributed by atoms with van der Waals surface area (Å²) >= 11 is 1.41. The van der Waals surface area contributed by atoms with Crippen LogP contribution in [0, 0.1) is 0 Å². The van der Waals surface area contributed by atoms with Crippen LogP contribution in [0.15, 0.2) is 53.9 Å². The van der Waals surface area contributed by atoms with E-state index in [-0.39, 0.29) is 24.3 Å². The van der Waals surface area contributed by atoms with Gasteiger partial charge in [-0.15, -0.1) is 11.3 Å². The first kappa shape index (κ1) is 22.5. The van der Waals surface area contributed by atoms with Gasteiger partial charge in [0.1, 0.15) is 5.75 Å². The summed E-state index contributed by atoms with van der Waals surface area (Å²) in [7, 11) is 1.62. The topological polar surface area (TPSA) is 80.3 Å². The zero-order valence-electron chi connectivity index (χ0n) is 18.0. The smallest absolute Gasteiger partial charge is 0.230 e. The molecule has 1 heterocycles. The highest BCUT2D eigenvalue weighted by Gasteiger charge is 2.10. The van der Waals surface area contributed by atoms with E-state index in [2.05, 4.69) is 27.8 Å². The predicted octanol–water partition coefficient (Wildman–Crippen LogP) is 4.46. The van der Waals surface area contributed by atoms with Crippen molar-refractivity contribution < 1.29 is 14.3 Å². The van der Waals surface area contributed by atoms with Gasteiger partial charge in [0.05, 0.1) is 19.2 Å². The summed E-state index contributed by atoms with van der Waals surface area (Å²) in [6, 6.07) is 15.8. The molecule has 2 amide bonds. The Morgan fingerprint density at radius 3 is 2.39 bits per heavy atom. The van der Waals surface area contributed by atoms with Crippen molar-refractivity contribution in [1.82, 2.24) is 10.3 Å². The van der Waals surface area contributed by atoms with Gasteiger partial charge in [-0.05, 0) is 43.0 Å². The van der Waals surface area contributed by atoms with Crippen LogP contribution in [0.2, 0.25) is 0 Å². The molecule has 1 atom stereocenters. The van der Waals surface area contributed by atoms with Crippen LogP contribution in [0.3, 0.4) is 0 Å². The van der Waals surface area contributed by atoms with Gasteiger partial charge in [-0.2, -0.15) is 0 Å². The highest BCUT2D eigenvalue weighted by molar-refractivity contribution is 7.14. The van der Waals surface area contributed by atoms with Crippen LogP contribution in [0.1, 0.15) is 31.4 Å². The number of methoxy groups -OCH3 is 1. The van der Waals surface area contributed by atoms with Crippen LogP contribution in [-0.2, 0) is 22.4 Å². The van der Waals surface area contributed by atoms with E-state index in [9.17, 15) is 9.59 Å². The molecular weight excluding hydrogens is 410 g/mol. The molecule has 0 radical (unpaired) electrons. The summed E-state index contributed by atoms with van der Waals surface area (Å²) in [4.78, 5) is 28.0. The second-order valence-corrected chi connectivity index (χ2v) is 8.31. The van der Waals surface area contributed by atoms with Crippen LogP contribution in [0.4, 0.5) is 5.13 Å². The maximum atomic E-state index is 12.3. The Balaban J connectivity index is 1.53. The third-order valence-electron chi connectivity index (χ3n) is 4.84. The first-order valence-corrected chi connectivity index (χ1v) is 11.1. The summed E-state index contributed by atoms with van der Waals surface area (Å²) in [5.41, 5.74) is 3.97. The lowest BCUT2D eigenvalue weighted by molar-refractivity contribution is -0.119. The van der Waals surface area contributed by atoms with Gasteiger partial charge in [0.25, 0.3) is 0 Å². The van der Waals surface area contributed by atoms with Gasteiger partial charge in [-0.1, -0.05) is 36.4 Å². The van der Waals surface area contributed by atoms with Crippen molar-refractivity contribution in [3.05, 3.63) is 65.0 Å². The van der Waals surface area contributed by atoms with E-state index in [0.29, 0.717) is 5.13 Å². The molecule has 0 aliphatic carbocycles. The number of benzene rings is 2. The SMILES string of the molecule is COc1ccc(CC(=O)Nc2nc(-c3ccc(CC[C@H](C)NC(C)=O)cc3)cs2)cc1. The van der Waals surface area contributed by atoms with E-state index < -0.39 is 0 Å². The Bertz CT molecular complexity index is 1010. The van der Waals surface area contributed by atoms with E-state index in [1.54, 1.807) is 7.11 Å². The summed E-state index contributed by atoms with van der Waals surface area (Å²) in [5, 5.41) is 8.30. The Morgan fingerprint density at radius 2 is 1.74 bits per heavy atom.